The number of para-hydroxylation sites is 1. The van der Waals surface area contributed by atoms with Crippen molar-refractivity contribution in [2.24, 2.45) is 4.99 Å². The van der Waals surface area contributed by atoms with Gasteiger partial charge in [0.05, 0.1) is 12.7 Å². The summed E-state index contributed by atoms with van der Waals surface area (Å²) >= 11 is 0. The van der Waals surface area contributed by atoms with E-state index in [0.717, 1.165) is 0 Å². The number of ether oxygens (including phenoxy) is 1. The lowest BCUT2D eigenvalue weighted by molar-refractivity contribution is 0.185. The molecule has 80 valence electrons. The highest BCUT2D eigenvalue weighted by atomic mass is 19.1. The predicted molar refractivity (Wildman–Crippen MR) is 53.2 cm³/mol. The van der Waals surface area contributed by atoms with E-state index in [4.69, 9.17) is 9.57 Å². The average Bonchev–Trinajstić information content (AvgIpc) is 2.64. The first kappa shape index (κ1) is 9.92. The van der Waals surface area contributed by atoms with Crippen LogP contribution in [0.15, 0.2) is 23.2 Å². The summed E-state index contributed by atoms with van der Waals surface area (Å²) in [6.45, 7) is 1.83. The summed E-state index contributed by atoms with van der Waals surface area (Å²) in [6.07, 6.45) is -0.132. The Balaban J connectivity index is 2.44. The molecule has 1 aliphatic rings. The molecule has 0 bridgehead atoms. The molecule has 1 atom stereocenters. The van der Waals surface area contributed by atoms with E-state index in [-0.39, 0.29) is 11.9 Å². The summed E-state index contributed by atoms with van der Waals surface area (Å²) < 4.78 is 18.3. The minimum absolute atomic E-state index is 0.132. The Morgan fingerprint density at radius 1 is 1.53 bits per heavy atom. The summed E-state index contributed by atoms with van der Waals surface area (Å²) in [6, 6.07) is 4.61. The Kier molecular flexibility index (Phi) is 2.55. The second-order valence-corrected chi connectivity index (χ2v) is 3.15. The first-order chi connectivity index (χ1) is 7.22. The van der Waals surface area contributed by atoms with E-state index in [9.17, 15) is 4.39 Å². The number of hydrogen-bond acceptors (Lipinski definition) is 4. The maximum Gasteiger partial charge on any atom is 0.246 e. The Hall–Kier alpha value is -1.62. The number of methoxy groups -OCH3 is 1. The number of hydrogen-bond donors (Lipinski definition) is 1. The van der Waals surface area contributed by atoms with Gasteiger partial charge in [-0.15, -0.1) is 5.48 Å². The highest BCUT2D eigenvalue weighted by molar-refractivity contribution is 5.97. The van der Waals surface area contributed by atoms with Crippen LogP contribution in [0.4, 0.5) is 4.39 Å². The molecule has 1 heterocycles. The largest absolute Gasteiger partial charge is 0.493 e. The first-order valence-electron chi connectivity index (χ1n) is 4.55. The number of hydroxylamine groups is 1. The van der Waals surface area contributed by atoms with E-state index in [2.05, 4.69) is 10.5 Å². The molecule has 0 amide bonds. The second kappa shape index (κ2) is 3.86. The van der Waals surface area contributed by atoms with Crippen LogP contribution in [0.25, 0.3) is 0 Å². The molecule has 0 saturated heterocycles. The monoisotopic (exact) mass is 210 g/mol. The zero-order valence-corrected chi connectivity index (χ0v) is 8.45. The fourth-order valence-electron chi connectivity index (χ4n) is 1.38. The van der Waals surface area contributed by atoms with Crippen LogP contribution in [0.2, 0.25) is 0 Å². The van der Waals surface area contributed by atoms with Crippen molar-refractivity contribution < 1.29 is 14.0 Å². The molecular formula is C10H11FN2O2. The number of halogens is 1. The van der Waals surface area contributed by atoms with Crippen LogP contribution in [0.3, 0.4) is 0 Å². The van der Waals surface area contributed by atoms with Crippen LogP contribution in [-0.4, -0.2) is 19.2 Å². The van der Waals surface area contributed by atoms with Gasteiger partial charge in [0.2, 0.25) is 5.90 Å². The van der Waals surface area contributed by atoms with Crippen molar-refractivity contribution in [2.75, 3.05) is 7.11 Å². The molecule has 1 aliphatic heterocycles. The number of benzene rings is 1. The minimum Gasteiger partial charge on any atom is -0.493 e. The van der Waals surface area contributed by atoms with Gasteiger partial charge < -0.3 is 9.57 Å². The van der Waals surface area contributed by atoms with Crippen LogP contribution in [0.5, 0.6) is 5.75 Å². The lowest BCUT2D eigenvalue weighted by Crippen LogP contribution is -2.17. The zero-order valence-electron chi connectivity index (χ0n) is 8.45. The molecule has 5 heteroatoms. The van der Waals surface area contributed by atoms with Crippen molar-refractivity contribution in [3.8, 4) is 5.75 Å². The fourth-order valence-corrected chi connectivity index (χ4v) is 1.38. The highest BCUT2D eigenvalue weighted by Crippen LogP contribution is 2.24. The number of nitrogens with one attached hydrogen (secondary N) is 1. The summed E-state index contributed by atoms with van der Waals surface area (Å²) in [4.78, 5) is 9.25. The molecule has 0 unspecified atom stereocenters. The van der Waals surface area contributed by atoms with Gasteiger partial charge in [0.1, 0.15) is 6.17 Å². The van der Waals surface area contributed by atoms with E-state index in [0.29, 0.717) is 11.5 Å². The molecule has 1 aromatic carbocycles. The smallest absolute Gasteiger partial charge is 0.246 e. The molecule has 1 N–H and O–H groups in total. The quantitative estimate of drug-likeness (QED) is 0.803. The third-order valence-corrected chi connectivity index (χ3v) is 2.04. The molecule has 0 saturated carbocycles. The predicted octanol–water partition coefficient (Wildman–Crippen LogP) is 1.46. The summed E-state index contributed by atoms with van der Waals surface area (Å²) in [5.41, 5.74) is 3.17. The summed E-state index contributed by atoms with van der Waals surface area (Å²) in [5.74, 6) is 0.0619. The molecule has 2 rings (SSSR count). The Labute approximate surface area is 86.7 Å². The van der Waals surface area contributed by atoms with Gasteiger partial charge in [-0.2, -0.15) is 0 Å². The van der Waals surface area contributed by atoms with Crippen molar-refractivity contribution in [1.82, 2.24) is 5.48 Å². The Morgan fingerprint density at radius 2 is 2.33 bits per heavy atom. The number of aliphatic imine (C=N–C) groups is 1. The molecular weight excluding hydrogens is 199 g/mol. The van der Waals surface area contributed by atoms with E-state index < -0.39 is 5.82 Å². The Morgan fingerprint density at radius 3 is 2.93 bits per heavy atom. The second-order valence-electron chi connectivity index (χ2n) is 3.15. The Bertz CT molecular complexity index is 406. The molecule has 15 heavy (non-hydrogen) atoms. The van der Waals surface area contributed by atoms with E-state index >= 15 is 0 Å². The van der Waals surface area contributed by atoms with Crippen LogP contribution < -0.4 is 10.2 Å². The third-order valence-electron chi connectivity index (χ3n) is 2.04. The maximum atomic E-state index is 13.3. The average molecular weight is 210 g/mol. The van der Waals surface area contributed by atoms with Crippen LogP contribution >= 0.6 is 0 Å². The summed E-state index contributed by atoms with van der Waals surface area (Å²) in [7, 11) is 1.41. The standard InChI is InChI=1S/C10H11FN2O2/c1-6-12-10(15-13-6)7-4-3-5-8(11)9(7)14-2/h3-6,13H,1-2H3/t6-/m0/s1. The normalized spacial score (nSPS) is 19.7. The topological polar surface area (TPSA) is 42.8 Å². The first-order valence-corrected chi connectivity index (χ1v) is 4.55. The minimum atomic E-state index is -0.430. The zero-order chi connectivity index (χ0) is 10.8. The van der Waals surface area contributed by atoms with Gasteiger partial charge in [0, 0.05) is 0 Å². The SMILES string of the molecule is COc1c(F)cccc1C1=N[C@H](C)NO1. The van der Waals surface area contributed by atoms with Crippen molar-refractivity contribution in [1.29, 1.82) is 0 Å². The maximum absolute atomic E-state index is 13.3. The molecule has 0 radical (unpaired) electrons. The van der Waals surface area contributed by atoms with E-state index in [1.807, 2.05) is 6.92 Å². The molecule has 0 aliphatic carbocycles. The number of nitrogens with zero attached hydrogens (tertiary/aromatic N) is 1. The van der Waals surface area contributed by atoms with Gasteiger partial charge in [0.25, 0.3) is 0 Å². The molecule has 0 fully saturated rings. The van der Waals surface area contributed by atoms with Gasteiger partial charge in [0.15, 0.2) is 11.6 Å². The summed E-state index contributed by atoms with van der Waals surface area (Å²) in [5, 5.41) is 0. The van der Waals surface area contributed by atoms with E-state index in [1.54, 1.807) is 12.1 Å². The van der Waals surface area contributed by atoms with Crippen molar-refractivity contribution >= 4 is 5.90 Å². The molecule has 0 spiro atoms. The highest BCUT2D eigenvalue weighted by Gasteiger charge is 2.21. The van der Waals surface area contributed by atoms with Crippen LogP contribution in [-0.2, 0) is 4.84 Å². The van der Waals surface area contributed by atoms with Crippen LogP contribution in [0.1, 0.15) is 12.5 Å². The van der Waals surface area contributed by atoms with Crippen molar-refractivity contribution in [3.63, 3.8) is 0 Å². The third kappa shape index (κ3) is 1.78. The lowest BCUT2D eigenvalue weighted by Gasteiger charge is -2.07. The number of rotatable bonds is 2. The van der Waals surface area contributed by atoms with Gasteiger partial charge in [-0.25, -0.2) is 9.38 Å². The fraction of sp³-hybridized carbons (Fsp3) is 0.300. The van der Waals surface area contributed by atoms with Gasteiger partial charge in [-0.3, -0.25) is 0 Å². The molecule has 1 aromatic rings. The van der Waals surface area contributed by atoms with Gasteiger partial charge >= 0.3 is 0 Å². The van der Waals surface area contributed by atoms with Crippen LogP contribution in [0, 0.1) is 5.82 Å². The van der Waals surface area contributed by atoms with E-state index in [1.165, 1.54) is 13.2 Å². The lowest BCUT2D eigenvalue weighted by atomic mass is 10.2. The molecule has 0 aromatic heterocycles. The van der Waals surface area contributed by atoms with Crippen molar-refractivity contribution in [3.05, 3.63) is 29.6 Å². The van der Waals surface area contributed by atoms with Gasteiger partial charge in [-0.1, -0.05) is 6.07 Å². The molecule has 4 nitrogen and oxygen atoms in total. The van der Waals surface area contributed by atoms with Crippen molar-refractivity contribution in [2.45, 2.75) is 13.1 Å². The van der Waals surface area contributed by atoms with Gasteiger partial charge in [-0.05, 0) is 19.1 Å².